The van der Waals surface area contributed by atoms with Gasteiger partial charge in [-0.2, -0.15) is 0 Å². The van der Waals surface area contributed by atoms with Crippen molar-refractivity contribution in [2.75, 3.05) is 12.4 Å². The van der Waals surface area contributed by atoms with Crippen LogP contribution in [0.2, 0.25) is 10.0 Å². The summed E-state index contributed by atoms with van der Waals surface area (Å²) in [5, 5.41) is 4.49. The standard InChI is InChI=1S/C17H18BrCl2NO2/c1-10(2)23-17-8-13(18)11(6-16(17)22-3)9-21-15-5-4-12(19)7-14(15)20/h4-8,10,21H,9H2,1-3H3. The Kier molecular flexibility index (Phi) is 6.45. The van der Waals surface area contributed by atoms with E-state index in [4.69, 9.17) is 32.7 Å². The Morgan fingerprint density at radius 1 is 1.13 bits per heavy atom. The van der Waals surface area contributed by atoms with Gasteiger partial charge in [-0.05, 0) is 49.7 Å². The number of ether oxygens (including phenoxy) is 2. The molecule has 1 N–H and O–H groups in total. The number of halogens is 3. The minimum Gasteiger partial charge on any atom is -0.493 e. The summed E-state index contributed by atoms with van der Waals surface area (Å²) < 4.78 is 12.1. The van der Waals surface area contributed by atoms with E-state index in [0.717, 1.165) is 15.7 Å². The molecule has 2 aromatic rings. The molecule has 0 spiro atoms. The number of hydrogen-bond acceptors (Lipinski definition) is 3. The molecule has 0 atom stereocenters. The van der Waals surface area contributed by atoms with Gasteiger partial charge in [-0.3, -0.25) is 0 Å². The Morgan fingerprint density at radius 3 is 2.48 bits per heavy atom. The second-order valence-electron chi connectivity index (χ2n) is 5.24. The van der Waals surface area contributed by atoms with Crippen LogP contribution in [-0.2, 0) is 6.54 Å². The van der Waals surface area contributed by atoms with Crippen LogP contribution in [0.1, 0.15) is 19.4 Å². The largest absolute Gasteiger partial charge is 0.493 e. The molecule has 0 aliphatic rings. The average molecular weight is 419 g/mol. The van der Waals surface area contributed by atoms with E-state index in [0.29, 0.717) is 28.1 Å². The smallest absolute Gasteiger partial charge is 0.162 e. The molecule has 124 valence electrons. The first-order valence-electron chi connectivity index (χ1n) is 7.12. The topological polar surface area (TPSA) is 30.5 Å². The second-order valence-corrected chi connectivity index (χ2v) is 6.94. The molecule has 0 radical (unpaired) electrons. The summed E-state index contributed by atoms with van der Waals surface area (Å²) in [7, 11) is 1.63. The second kappa shape index (κ2) is 8.13. The van der Waals surface area contributed by atoms with Crippen molar-refractivity contribution in [2.24, 2.45) is 0 Å². The minimum atomic E-state index is 0.0765. The molecule has 0 unspecified atom stereocenters. The van der Waals surface area contributed by atoms with Crippen molar-refractivity contribution in [3.8, 4) is 11.5 Å². The Labute approximate surface area is 155 Å². The van der Waals surface area contributed by atoms with Crippen LogP contribution in [0, 0.1) is 0 Å². The fourth-order valence-corrected chi connectivity index (χ4v) is 2.98. The molecule has 0 heterocycles. The van der Waals surface area contributed by atoms with Crippen LogP contribution in [0.3, 0.4) is 0 Å². The molecule has 0 amide bonds. The van der Waals surface area contributed by atoms with Gasteiger partial charge in [-0.1, -0.05) is 39.1 Å². The Morgan fingerprint density at radius 2 is 1.87 bits per heavy atom. The predicted molar refractivity (Wildman–Crippen MR) is 100 cm³/mol. The predicted octanol–water partition coefficient (Wildman–Crippen LogP) is 6.16. The van der Waals surface area contributed by atoms with Crippen molar-refractivity contribution in [2.45, 2.75) is 26.5 Å². The van der Waals surface area contributed by atoms with Crippen LogP contribution in [0.4, 0.5) is 5.69 Å². The molecule has 0 fully saturated rings. The molecule has 0 aliphatic heterocycles. The third-order valence-electron chi connectivity index (χ3n) is 3.10. The van der Waals surface area contributed by atoms with E-state index >= 15 is 0 Å². The molecule has 0 aromatic heterocycles. The zero-order chi connectivity index (χ0) is 17.0. The normalized spacial score (nSPS) is 10.7. The number of nitrogens with one attached hydrogen (secondary N) is 1. The summed E-state index contributed by atoms with van der Waals surface area (Å²) in [5.74, 6) is 1.41. The van der Waals surface area contributed by atoms with Crippen molar-refractivity contribution in [3.63, 3.8) is 0 Å². The number of hydrogen-bond donors (Lipinski definition) is 1. The van der Waals surface area contributed by atoms with Crippen LogP contribution in [0.15, 0.2) is 34.8 Å². The van der Waals surface area contributed by atoms with Crippen molar-refractivity contribution in [3.05, 3.63) is 50.4 Å². The number of benzene rings is 2. The highest BCUT2D eigenvalue weighted by atomic mass is 79.9. The van der Waals surface area contributed by atoms with Gasteiger partial charge in [0.15, 0.2) is 11.5 Å². The third-order valence-corrected chi connectivity index (χ3v) is 4.38. The highest BCUT2D eigenvalue weighted by Crippen LogP contribution is 2.35. The maximum atomic E-state index is 6.17. The lowest BCUT2D eigenvalue weighted by atomic mass is 10.2. The first kappa shape index (κ1) is 18.2. The highest BCUT2D eigenvalue weighted by Gasteiger charge is 2.12. The molecular formula is C17H18BrCl2NO2. The molecule has 0 aliphatic carbocycles. The summed E-state index contributed by atoms with van der Waals surface area (Å²) in [6.07, 6.45) is 0.0765. The fraction of sp³-hybridized carbons (Fsp3) is 0.294. The van der Waals surface area contributed by atoms with E-state index in [9.17, 15) is 0 Å². The van der Waals surface area contributed by atoms with Crippen molar-refractivity contribution >= 4 is 44.8 Å². The minimum absolute atomic E-state index is 0.0765. The van der Waals surface area contributed by atoms with E-state index in [-0.39, 0.29) is 6.10 Å². The van der Waals surface area contributed by atoms with Crippen molar-refractivity contribution < 1.29 is 9.47 Å². The SMILES string of the molecule is COc1cc(CNc2ccc(Cl)cc2Cl)c(Br)cc1OC(C)C. The molecule has 6 heteroatoms. The van der Waals surface area contributed by atoms with Crippen LogP contribution < -0.4 is 14.8 Å². The monoisotopic (exact) mass is 417 g/mol. The molecule has 0 saturated heterocycles. The summed E-state index contributed by atoms with van der Waals surface area (Å²) >= 11 is 15.7. The highest BCUT2D eigenvalue weighted by molar-refractivity contribution is 9.10. The van der Waals surface area contributed by atoms with Gasteiger partial charge in [0, 0.05) is 16.0 Å². The van der Waals surface area contributed by atoms with E-state index in [1.165, 1.54) is 0 Å². The summed E-state index contributed by atoms with van der Waals surface area (Å²) in [6, 6.07) is 9.22. The molecule has 2 aromatic carbocycles. The van der Waals surface area contributed by atoms with Crippen molar-refractivity contribution in [1.82, 2.24) is 0 Å². The molecule has 2 rings (SSSR count). The lowest BCUT2D eigenvalue weighted by molar-refractivity contribution is 0.230. The van der Waals surface area contributed by atoms with E-state index in [1.807, 2.05) is 32.0 Å². The number of anilines is 1. The zero-order valence-corrected chi connectivity index (χ0v) is 16.2. The number of methoxy groups -OCH3 is 1. The van der Waals surface area contributed by atoms with Crippen LogP contribution >= 0.6 is 39.1 Å². The molecule has 0 bridgehead atoms. The Bertz CT molecular complexity index is 693. The van der Waals surface area contributed by atoms with Gasteiger partial charge in [0.25, 0.3) is 0 Å². The summed E-state index contributed by atoms with van der Waals surface area (Å²) in [6.45, 7) is 4.54. The third kappa shape index (κ3) is 4.93. The van der Waals surface area contributed by atoms with Gasteiger partial charge in [-0.15, -0.1) is 0 Å². The number of rotatable bonds is 6. The van der Waals surface area contributed by atoms with E-state index in [1.54, 1.807) is 19.2 Å². The van der Waals surface area contributed by atoms with Crippen LogP contribution in [-0.4, -0.2) is 13.2 Å². The lowest BCUT2D eigenvalue weighted by Gasteiger charge is -2.17. The van der Waals surface area contributed by atoms with Gasteiger partial charge < -0.3 is 14.8 Å². The quantitative estimate of drug-likeness (QED) is 0.608. The molecule has 0 saturated carbocycles. The first-order valence-corrected chi connectivity index (χ1v) is 8.67. The molecule has 3 nitrogen and oxygen atoms in total. The average Bonchev–Trinajstić information content (AvgIpc) is 2.47. The zero-order valence-electron chi connectivity index (χ0n) is 13.1. The summed E-state index contributed by atoms with van der Waals surface area (Å²) in [5.41, 5.74) is 1.86. The van der Waals surface area contributed by atoms with Gasteiger partial charge in [-0.25, -0.2) is 0 Å². The molecular weight excluding hydrogens is 401 g/mol. The van der Waals surface area contributed by atoms with Gasteiger partial charge in [0.05, 0.1) is 23.9 Å². The van der Waals surface area contributed by atoms with Gasteiger partial charge in [0.2, 0.25) is 0 Å². The van der Waals surface area contributed by atoms with Gasteiger partial charge >= 0.3 is 0 Å². The first-order chi connectivity index (χ1) is 10.9. The Hall–Kier alpha value is -1.10. The van der Waals surface area contributed by atoms with Gasteiger partial charge in [0.1, 0.15) is 0 Å². The van der Waals surface area contributed by atoms with E-state index < -0.39 is 0 Å². The van der Waals surface area contributed by atoms with E-state index in [2.05, 4.69) is 21.2 Å². The van der Waals surface area contributed by atoms with Crippen LogP contribution in [0.5, 0.6) is 11.5 Å². The summed E-state index contributed by atoms with van der Waals surface area (Å²) in [4.78, 5) is 0. The molecule has 23 heavy (non-hydrogen) atoms. The van der Waals surface area contributed by atoms with Crippen LogP contribution in [0.25, 0.3) is 0 Å². The maximum absolute atomic E-state index is 6.17. The van der Waals surface area contributed by atoms with Crippen molar-refractivity contribution in [1.29, 1.82) is 0 Å². The fourth-order valence-electron chi connectivity index (χ4n) is 2.04. The maximum Gasteiger partial charge on any atom is 0.162 e. The lowest BCUT2D eigenvalue weighted by Crippen LogP contribution is -2.08. The Balaban J connectivity index is 2.19.